The zero-order valence-electron chi connectivity index (χ0n) is 19.1. The van der Waals surface area contributed by atoms with Gasteiger partial charge in [-0.15, -0.1) is 0 Å². The molecule has 31 heavy (non-hydrogen) atoms. The largest absolute Gasteiger partial charge is 0.371 e. The van der Waals surface area contributed by atoms with Gasteiger partial charge in [0.15, 0.2) is 0 Å². The maximum atomic E-state index is 12.9. The second-order valence-electron chi connectivity index (χ2n) is 9.55. The van der Waals surface area contributed by atoms with Gasteiger partial charge < -0.3 is 10.2 Å². The van der Waals surface area contributed by atoms with Crippen LogP contribution in [0.25, 0.3) is 0 Å². The van der Waals surface area contributed by atoms with Crippen molar-refractivity contribution in [2.45, 2.75) is 52.1 Å². The maximum absolute atomic E-state index is 12.9. The number of amides is 1. The predicted molar refractivity (Wildman–Crippen MR) is 128 cm³/mol. The Labute approximate surface area is 187 Å². The van der Waals surface area contributed by atoms with Gasteiger partial charge in [0.25, 0.3) is 0 Å². The molecule has 4 rings (SSSR count). The number of anilines is 1. The minimum absolute atomic E-state index is 0.0455. The van der Waals surface area contributed by atoms with E-state index >= 15 is 0 Å². The molecule has 2 aromatic rings. The molecule has 4 heteroatoms. The molecule has 2 aliphatic heterocycles. The van der Waals surface area contributed by atoms with E-state index in [0.29, 0.717) is 0 Å². The van der Waals surface area contributed by atoms with Crippen LogP contribution in [0.2, 0.25) is 0 Å². The average Bonchev–Trinajstić information content (AvgIpc) is 2.80. The minimum Gasteiger partial charge on any atom is -0.371 e. The zero-order valence-corrected chi connectivity index (χ0v) is 19.1. The lowest BCUT2D eigenvalue weighted by molar-refractivity contribution is -0.127. The highest BCUT2D eigenvalue weighted by Gasteiger charge is 2.26. The van der Waals surface area contributed by atoms with Crippen LogP contribution in [0.3, 0.4) is 0 Å². The van der Waals surface area contributed by atoms with Gasteiger partial charge in [0.1, 0.15) is 0 Å². The summed E-state index contributed by atoms with van der Waals surface area (Å²) in [5.74, 6) is 1.11. The average molecular weight is 420 g/mol. The van der Waals surface area contributed by atoms with Crippen molar-refractivity contribution in [3.63, 3.8) is 0 Å². The van der Waals surface area contributed by atoms with E-state index in [4.69, 9.17) is 0 Å². The fraction of sp³-hybridized carbons (Fsp3) is 0.519. The van der Waals surface area contributed by atoms with Crippen molar-refractivity contribution < 1.29 is 4.79 Å². The second kappa shape index (κ2) is 10.3. The number of benzene rings is 2. The third kappa shape index (κ3) is 5.88. The van der Waals surface area contributed by atoms with Gasteiger partial charge in [-0.3, -0.25) is 9.69 Å². The summed E-state index contributed by atoms with van der Waals surface area (Å²) in [5, 5.41) is 3.27. The van der Waals surface area contributed by atoms with Gasteiger partial charge >= 0.3 is 0 Å². The third-order valence-electron chi connectivity index (χ3n) is 6.98. The number of carbonyl (C=O) groups is 1. The molecule has 2 atom stereocenters. The summed E-state index contributed by atoms with van der Waals surface area (Å²) >= 11 is 0. The topological polar surface area (TPSA) is 35.6 Å². The summed E-state index contributed by atoms with van der Waals surface area (Å²) in [4.78, 5) is 17.8. The van der Waals surface area contributed by atoms with Crippen LogP contribution >= 0.6 is 0 Å². The van der Waals surface area contributed by atoms with Gasteiger partial charge in [-0.05, 0) is 74.9 Å². The second-order valence-corrected chi connectivity index (χ2v) is 9.55. The molecule has 1 amide bonds. The lowest BCUT2D eigenvalue weighted by Crippen LogP contribution is -2.40. The fourth-order valence-corrected chi connectivity index (χ4v) is 5.01. The summed E-state index contributed by atoms with van der Waals surface area (Å²) in [6.07, 6.45) is 4.50. The van der Waals surface area contributed by atoms with Crippen molar-refractivity contribution in [2.75, 3.05) is 31.1 Å². The number of nitrogens with one attached hydrogen (secondary N) is 1. The molecule has 0 radical (unpaired) electrons. The van der Waals surface area contributed by atoms with E-state index in [9.17, 15) is 4.79 Å². The van der Waals surface area contributed by atoms with E-state index in [-0.39, 0.29) is 17.9 Å². The first-order valence-electron chi connectivity index (χ1n) is 12.0. The van der Waals surface area contributed by atoms with E-state index < -0.39 is 0 Å². The van der Waals surface area contributed by atoms with Crippen LogP contribution in [0.1, 0.15) is 56.7 Å². The molecule has 0 spiro atoms. The summed E-state index contributed by atoms with van der Waals surface area (Å²) in [5.41, 5.74) is 3.84. The van der Waals surface area contributed by atoms with Crippen LogP contribution in [0.4, 0.5) is 5.69 Å². The van der Waals surface area contributed by atoms with E-state index in [1.807, 2.05) is 0 Å². The molecule has 4 nitrogen and oxygen atoms in total. The predicted octanol–water partition coefficient (Wildman–Crippen LogP) is 5.01. The van der Waals surface area contributed by atoms with Gasteiger partial charge in [0.2, 0.25) is 5.91 Å². The van der Waals surface area contributed by atoms with Gasteiger partial charge in [0, 0.05) is 31.2 Å². The van der Waals surface area contributed by atoms with E-state index in [1.165, 1.54) is 29.7 Å². The highest BCUT2D eigenvalue weighted by molar-refractivity contribution is 5.79. The molecule has 166 valence electrons. The van der Waals surface area contributed by atoms with Crippen LogP contribution < -0.4 is 10.2 Å². The van der Waals surface area contributed by atoms with Crippen LogP contribution in [-0.2, 0) is 11.3 Å². The van der Waals surface area contributed by atoms with Crippen molar-refractivity contribution in [3.8, 4) is 0 Å². The summed E-state index contributed by atoms with van der Waals surface area (Å²) in [6, 6.07) is 19.5. The first-order valence-corrected chi connectivity index (χ1v) is 12.0. The highest BCUT2D eigenvalue weighted by Crippen LogP contribution is 2.25. The maximum Gasteiger partial charge on any atom is 0.223 e. The molecule has 2 saturated heterocycles. The summed E-state index contributed by atoms with van der Waals surface area (Å²) in [7, 11) is 0. The molecule has 2 aliphatic rings. The lowest BCUT2D eigenvalue weighted by atomic mass is 9.94. The normalized spacial score (nSPS) is 21.6. The Balaban J connectivity index is 1.25. The van der Waals surface area contributed by atoms with Gasteiger partial charge in [-0.2, -0.15) is 0 Å². The Morgan fingerprint density at radius 1 is 1.00 bits per heavy atom. The van der Waals surface area contributed by atoms with Crippen molar-refractivity contribution in [2.24, 2.45) is 11.8 Å². The van der Waals surface area contributed by atoms with Crippen LogP contribution in [0, 0.1) is 11.8 Å². The van der Waals surface area contributed by atoms with E-state index in [1.54, 1.807) is 0 Å². The first kappa shape index (κ1) is 21.9. The Morgan fingerprint density at radius 2 is 1.71 bits per heavy atom. The molecule has 0 bridgehead atoms. The first-order chi connectivity index (χ1) is 15.1. The van der Waals surface area contributed by atoms with E-state index in [0.717, 1.165) is 51.5 Å². The summed E-state index contributed by atoms with van der Waals surface area (Å²) in [6.45, 7) is 9.70. The Morgan fingerprint density at radius 3 is 2.39 bits per heavy atom. The number of hydrogen-bond acceptors (Lipinski definition) is 3. The summed E-state index contributed by atoms with van der Waals surface area (Å²) < 4.78 is 0. The molecule has 2 aromatic carbocycles. The Kier molecular flexibility index (Phi) is 7.29. The number of piperidine rings is 2. The molecule has 2 fully saturated rings. The van der Waals surface area contributed by atoms with Crippen molar-refractivity contribution >= 4 is 11.6 Å². The fourth-order valence-electron chi connectivity index (χ4n) is 5.01. The number of rotatable bonds is 6. The van der Waals surface area contributed by atoms with Crippen LogP contribution in [-0.4, -0.2) is 37.0 Å². The van der Waals surface area contributed by atoms with Crippen molar-refractivity contribution in [1.29, 1.82) is 0 Å². The monoisotopic (exact) mass is 419 g/mol. The molecule has 0 saturated carbocycles. The van der Waals surface area contributed by atoms with Gasteiger partial charge in [-0.25, -0.2) is 0 Å². The minimum atomic E-state index is 0.0455. The van der Waals surface area contributed by atoms with Crippen LogP contribution in [0.15, 0.2) is 54.6 Å². The molecular formula is C27H37N3O. The Hall–Kier alpha value is -2.33. The van der Waals surface area contributed by atoms with Crippen LogP contribution in [0.5, 0.6) is 0 Å². The standard InChI is InChI=1S/C27H37N3O/c1-21-7-6-16-30(19-21)26-12-10-24(11-13-26)22(2)28-27(31)25-14-17-29(18-15-25)20-23-8-4-3-5-9-23/h3-5,8-13,21-22,25H,6-7,14-20H2,1-2H3,(H,28,31)/t21-,22-/m0/s1. The smallest absolute Gasteiger partial charge is 0.223 e. The lowest BCUT2D eigenvalue weighted by Gasteiger charge is -2.33. The zero-order chi connectivity index (χ0) is 21.6. The number of hydrogen-bond donors (Lipinski definition) is 1. The third-order valence-corrected chi connectivity index (χ3v) is 6.98. The number of nitrogens with zero attached hydrogens (tertiary/aromatic N) is 2. The quantitative estimate of drug-likeness (QED) is 0.715. The molecule has 1 N–H and O–H groups in total. The molecule has 0 aromatic heterocycles. The van der Waals surface area contributed by atoms with E-state index in [2.05, 4.69) is 83.6 Å². The molecule has 2 heterocycles. The van der Waals surface area contributed by atoms with Gasteiger partial charge in [-0.1, -0.05) is 49.4 Å². The highest BCUT2D eigenvalue weighted by atomic mass is 16.1. The van der Waals surface area contributed by atoms with Crippen molar-refractivity contribution in [3.05, 3.63) is 65.7 Å². The molecule has 0 aliphatic carbocycles. The molecular weight excluding hydrogens is 382 g/mol. The number of carbonyl (C=O) groups excluding carboxylic acids is 1. The SMILES string of the molecule is C[C@H]1CCCN(c2ccc([C@H](C)NC(=O)C3CCN(Cc4ccccc4)CC3)cc2)C1. The number of likely N-dealkylation sites (tertiary alicyclic amines) is 1. The van der Waals surface area contributed by atoms with Crippen molar-refractivity contribution in [1.82, 2.24) is 10.2 Å². The molecule has 0 unspecified atom stereocenters. The Bertz CT molecular complexity index is 827. The van der Waals surface area contributed by atoms with Gasteiger partial charge in [0.05, 0.1) is 6.04 Å².